The number of unbranched alkanes of at least 4 members (excludes halogenated alkanes) is 4. The van der Waals surface area contributed by atoms with Crippen molar-refractivity contribution in [1.82, 2.24) is 0 Å². The molecule has 0 aliphatic rings. The van der Waals surface area contributed by atoms with Crippen LogP contribution < -0.4 is 4.90 Å². The van der Waals surface area contributed by atoms with Gasteiger partial charge in [0.2, 0.25) is 0 Å². The van der Waals surface area contributed by atoms with Crippen molar-refractivity contribution in [2.45, 2.75) is 45.6 Å². The molecule has 0 unspecified atom stereocenters. The van der Waals surface area contributed by atoms with Gasteiger partial charge in [-0.1, -0.05) is 50.3 Å². The van der Waals surface area contributed by atoms with Crippen LogP contribution >= 0.6 is 0 Å². The van der Waals surface area contributed by atoms with E-state index in [1.165, 1.54) is 31.4 Å². The lowest BCUT2D eigenvalue weighted by Gasteiger charge is -2.21. The van der Waals surface area contributed by atoms with Gasteiger partial charge in [0.05, 0.1) is 19.4 Å². The van der Waals surface area contributed by atoms with Crippen LogP contribution in [0.2, 0.25) is 0 Å². The van der Waals surface area contributed by atoms with E-state index in [-0.39, 0.29) is 0 Å². The van der Waals surface area contributed by atoms with Gasteiger partial charge in [-0.25, -0.2) is 0 Å². The topological polar surface area (TPSA) is 16.4 Å². The van der Waals surface area contributed by atoms with Crippen molar-refractivity contribution >= 4 is 5.69 Å². The summed E-state index contributed by atoms with van der Waals surface area (Å²) < 4.78 is 5.47. The average Bonchev–Trinajstić information content (AvgIpc) is 3.07. The smallest absolute Gasteiger partial charge is 0.123 e. The Morgan fingerprint density at radius 1 is 0.955 bits per heavy atom. The fourth-order valence-corrected chi connectivity index (χ4v) is 2.35. The molecule has 2 rings (SSSR count). The Bertz CT molecular complexity index is 563. The molecule has 116 valence electrons. The maximum atomic E-state index is 5.47. The molecule has 0 bridgehead atoms. The van der Waals surface area contributed by atoms with Gasteiger partial charge in [-0.2, -0.15) is 0 Å². The average molecular weight is 295 g/mol. The maximum absolute atomic E-state index is 5.47. The highest BCUT2D eigenvalue weighted by atomic mass is 16.3. The first-order valence-corrected chi connectivity index (χ1v) is 8.18. The van der Waals surface area contributed by atoms with Crippen LogP contribution in [0.15, 0.2) is 53.1 Å². The molecule has 2 aromatic rings. The van der Waals surface area contributed by atoms with E-state index in [1.807, 2.05) is 18.2 Å². The maximum Gasteiger partial charge on any atom is 0.123 e. The molecule has 0 saturated carbocycles. The molecule has 0 radical (unpaired) electrons. The number of hydrogen-bond acceptors (Lipinski definition) is 2. The third-order valence-electron chi connectivity index (χ3n) is 3.60. The number of benzene rings is 1. The Balaban J connectivity index is 1.89. The largest absolute Gasteiger partial charge is 0.467 e. The van der Waals surface area contributed by atoms with Crippen LogP contribution in [0.3, 0.4) is 0 Å². The van der Waals surface area contributed by atoms with E-state index in [0.29, 0.717) is 0 Å². The molecule has 0 spiro atoms. The van der Waals surface area contributed by atoms with Crippen molar-refractivity contribution in [1.29, 1.82) is 0 Å². The molecule has 1 aromatic carbocycles. The zero-order valence-corrected chi connectivity index (χ0v) is 13.4. The lowest BCUT2D eigenvalue weighted by Crippen LogP contribution is -2.22. The second-order valence-electron chi connectivity index (χ2n) is 5.44. The fourth-order valence-electron chi connectivity index (χ4n) is 2.35. The number of hydrogen-bond donors (Lipinski definition) is 0. The van der Waals surface area contributed by atoms with E-state index in [4.69, 9.17) is 4.42 Å². The first kappa shape index (κ1) is 16.2. The quantitative estimate of drug-likeness (QED) is 0.488. The molecule has 22 heavy (non-hydrogen) atoms. The van der Waals surface area contributed by atoms with Crippen LogP contribution in [0, 0.1) is 11.8 Å². The summed E-state index contributed by atoms with van der Waals surface area (Å²) in [5.74, 6) is 7.58. The van der Waals surface area contributed by atoms with Gasteiger partial charge in [0.25, 0.3) is 0 Å². The molecular weight excluding hydrogens is 270 g/mol. The summed E-state index contributed by atoms with van der Waals surface area (Å²) in [6.45, 7) is 3.72. The highest BCUT2D eigenvalue weighted by Crippen LogP contribution is 2.16. The van der Waals surface area contributed by atoms with Gasteiger partial charge >= 0.3 is 0 Å². The number of rotatable bonds is 8. The molecule has 0 fully saturated rings. The van der Waals surface area contributed by atoms with E-state index in [2.05, 4.69) is 47.9 Å². The fraction of sp³-hybridized carbons (Fsp3) is 0.400. The van der Waals surface area contributed by atoms with Crippen LogP contribution in [0.4, 0.5) is 5.69 Å². The molecule has 0 amide bonds. The second kappa shape index (κ2) is 9.73. The summed E-state index contributed by atoms with van der Waals surface area (Å²) in [4.78, 5) is 2.25. The van der Waals surface area contributed by atoms with Crippen molar-refractivity contribution in [2.75, 3.05) is 11.4 Å². The highest BCUT2D eigenvalue weighted by Gasteiger charge is 2.07. The van der Waals surface area contributed by atoms with E-state index in [0.717, 1.165) is 25.3 Å². The number of furan rings is 1. The molecule has 0 N–H and O–H groups in total. The number of para-hydroxylation sites is 1. The summed E-state index contributed by atoms with van der Waals surface area (Å²) in [7, 11) is 0. The summed E-state index contributed by atoms with van der Waals surface area (Å²) in [6.07, 6.45) is 7.82. The summed E-state index contributed by atoms with van der Waals surface area (Å²) in [5, 5.41) is 0. The minimum atomic E-state index is 0.735. The first-order valence-electron chi connectivity index (χ1n) is 8.18. The zero-order valence-electron chi connectivity index (χ0n) is 13.4. The van der Waals surface area contributed by atoms with Gasteiger partial charge in [-0.05, 0) is 30.7 Å². The van der Waals surface area contributed by atoms with Gasteiger partial charge in [-0.3, -0.25) is 0 Å². The van der Waals surface area contributed by atoms with Crippen LogP contribution in [-0.2, 0) is 6.54 Å². The van der Waals surface area contributed by atoms with E-state index < -0.39 is 0 Å². The van der Waals surface area contributed by atoms with Crippen molar-refractivity contribution in [2.24, 2.45) is 0 Å². The number of nitrogens with zero attached hydrogens (tertiary/aromatic N) is 1. The van der Waals surface area contributed by atoms with Crippen molar-refractivity contribution < 1.29 is 4.42 Å². The lowest BCUT2D eigenvalue weighted by molar-refractivity contribution is 0.505. The predicted molar refractivity (Wildman–Crippen MR) is 92.7 cm³/mol. The molecule has 0 saturated heterocycles. The van der Waals surface area contributed by atoms with Gasteiger partial charge in [0.15, 0.2) is 0 Å². The molecule has 0 aliphatic heterocycles. The molecule has 2 nitrogen and oxygen atoms in total. The minimum absolute atomic E-state index is 0.735. The van der Waals surface area contributed by atoms with Gasteiger partial charge in [0.1, 0.15) is 5.76 Å². The summed E-state index contributed by atoms with van der Waals surface area (Å²) in [5.41, 5.74) is 1.18. The van der Waals surface area contributed by atoms with Crippen molar-refractivity contribution in [3.63, 3.8) is 0 Å². The summed E-state index contributed by atoms with van der Waals surface area (Å²) >= 11 is 0. The van der Waals surface area contributed by atoms with E-state index in [9.17, 15) is 0 Å². The predicted octanol–water partition coefficient (Wildman–Crippen LogP) is 5.26. The SMILES string of the molecule is CCCCCCC#CCN(Cc1ccco1)c1ccccc1. The Morgan fingerprint density at radius 3 is 2.55 bits per heavy atom. The monoisotopic (exact) mass is 295 g/mol. The Labute approximate surface area is 134 Å². The van der Waals surface area contributed by atoms with Gasteiger partial charge < -0.3 is 9.32 Å². The molecule has 0 atom stereocenters. The third kappa shape index (κ3) is 5.69. The molecule has 0 aliphatic carbocycles. The molecular formula is C20H25NO. The Morgan fingerprint density at radius 2 is 1.82 bits per heavy atom. The lowest BCUT2D eigenvalue weighted by atomic mass is 10.1. The molecule has 1 aromatic heterocycles. The summed E-state index contributed by atoms with van der Waals surface area (Å²) in [6, 6.07) is 14.3. The van der Waals surface area contributed by atoms with Crippen LogP contribution in [0.5, 0.6) is 0 Å². The standard InChI is InChI=1S/C20H25NO/c1-2-3-4-5-6-7-11-16-21(18-20-15-12-17-22-20)19-13-9-8-10-14-19/h8-10,12-15,17H,2-6,16,18H2,1H3. The Hall–Kier alpha value is -2.14. The van der Waals surface area contributed by atoms with Gasteiger partial charge in [-0.15, -0.1) is 5.92 Å². The Kier molecular flexibility index (Phi) is 7.18. The van der Waals surface area contributed by atoms with Crippen LogP contribution in [0.1, 0.15) is 44.8 Å². The van der Waals surface area contributed by atoms with E-state index >= 15 is 0 Å². The third-order valence-corrected chi connectivity index (χ3v) is 3.60. The molecule has 1 heterocycles. The normalized spacial score (nSPS) is 10.0. The van der Waals surface area contributed by atoms with Gasteiger partial charge in [0, 0.05) is 12.1 Å². The zero-order chi connectivity index (χ0) is 15.5. The second-order valence-corrected chi connectivity index (χ2v) is 5.44. The van der Waals surface area contributed by atoms with Crippen LogP contribution in [-0.4, -0.2) is 6.54 Å². The van der Waals surface area contributed by atoms with Crippen molar-refractivity contribution in [3.05, 3.63) is 54.5 Å². The minimum Gasteiger partial charge on any atom is -0.467 e. The first-order chi connectivity index (χ1) is 10.9. The number of anilines is 1. The highest BCUT2D eigenvalue weighted by molar-refractivity contribution is 5.47. The molecule has 2 heteroatoms. The van der Waals surface area contributed by atoms with E-state index in [1.54, 1.807) is 6.26 Å². The van der Waals surface area contributed by atoms with Crippen LogP contribution in [0.25, 0.3) is 0 Å². The van der Waals surface area contributed by atoms with Crippen molar-refractivity contribution in [3.8, 4) is 11.8 Å².